The van der Waals surface area contributed by atoms with E-state index in [4.69, 9.17) is 9.15 Å². The van der Waals surface area contributed by atoms with Crippen molar-refractivity contribution in [2.45, 2.75) is 19.4 Å². The Morgan fingerprint density at radius 1 is 1.40 bits per heavy atom. The van der Waals surface area contributed by atoms with E-state index in [9.17, 15) is 4.79 Å². The van der Waals surface area contributed by atoms with Gasteiger partial charge in [-0.2, -0.15) is 5.10 Å². The van der Waals surface area contributed by atoms with Crippen LogP contribution >= 0.6 is 0 Å². The molecule has 1 amide bonds. The lowest BCUT2D eigenvalue weighted by Gasteiger charge is -2.15. The van der Waals surface area contributed by atoms with Crippen LogP contribution in [0, 0.1) is 6.92 Å². The van der Waals surface area contributed by atoms with Crippen LogP contribution in [0.2, 0.25) is 0 Å². The highest BCUT2D eigenvalue weighted by molar-refractivity contribution is 5.91. The number of carbonyl (C=O) groups is 1. The van der Waals surface area contributed by atoms with E-state index >= 15 is 0 Å². The first-order valence-corrected chi connectivity index (χ1v) is 6.52. The Bertz CT molecular complexity index is 580. The summed E-state index contributed by atoms with van der Waals surface area (Å²) in [6, 6.07) is 7.02. The first kappa shape index (κ1) is 12.7. The Hall–Kier alpha value is -2.37. The summed E-state index contributed by atoms with van der Waals surface area (Å²) >= 11 is 0. The molecule has 1 saturated heterocycles. The van der Waals surface area contributed by atoms with Crippen molar-refractivity contribution in [1.29, 1.82) is 0 Å². The largest absolute Gasteiger partial charge is 0.471 e. The minimum absolute atomic E-state index is 0.0501. The maximum Gasteiger partial charge on any atom is 0.289 e. The molecule has 104 valence electrons. The predicted octanol–water partition coefficient (Wildman–Crippen LogP) is 1.67. The average molecular weight is 273 g/mol. The number of likely N-dealkylation sites (tertiary alicyclic amines) is 1. The summed E-state index contributed by atoms with van der Waals surface area (Å²) in [5, 5.41) is 7.91. The van der Waals surface area contributed by atoms with Crippen molar-refractivity contribution >= 4 is 5.91 Å². The topological polar surface area (TPSA) is 68.5 Å². The molecule has 0 aromatic carbocycles. The fraction of sp³-hybridized carbons (Fsp3) is 0.357. The van der Waals surface area contributed by atoms with Crippen molar-refractivity contribution in [3.8, 4) is 5.88 Å². The van der Waals surface area contributed by atoms with Gasteiger partial charge < -0.3 is 14.1 Å². The number of rotatable bonds is 3. The van der Waals surface area contributed by atoms with Gasteiger partial charge in [-0.05, 0) is 25.1 Å². The lowest BCUT2D eigenvalue weighted by atomic mass is 10.3. The lowest BCUT2D eigenvalue weighted by molar-refractivity contribution is 0.0739. The Morgan fingerprint density at radius 2 is 2.30 bits per heavy atom. The molecule has 1 atom stereocenters. The summed E-state index contributed by atoms with van der Waals surface area (Å²) < 4.78 is 10.8. The molecule has 1 fully saturated rings. The molecule has 3 rings (SSSR count). The highest BCUT2D eigenvalue weighted by atomic mass is 16.5. The highest BCUT2D eigenvalue weighted by Crippen LogP contribution is 2.18. The van der Waals surface area contributed by atoms with Crippen LogP contribution in [0.15, 0.2) is 34.9 Å². The van der Waals surface area contributed by atoms with Crippen molar-refractivity contribution in [1.82, 2.24) is 15.1 Å². The van der Waals surface area contributed by atoms with Crippen molar-refractivity contribution < 1.29 is 13.9 Å². The van der Waals surface area contributed by atoms with E-state index in [2.05, 4.69) is 10.2 Å². The molecule has 6 nitrogen and oxygen atoms in total. The number of furan rings is 1. The maximum absolute atomic E-state index is 12.1. The fourth-order valence-corrected chi connectivity index (χ4v) is 2.19. The molecular weight excluding hydrogens is 258 g/mol. The Morgan fingerprint density at radius 3 is 3.00 bits per heavy atom. The van der Waals surface area contributed by atoms with Crippen LogP contribution in [0.4, 0.5) is 0 Å². The van der Waals surface area contributed by atoms with E-state index < -0.39 is 0 Å². The van der Waals surface area contributed by atoms with E-state index in [-0.39, 0.29) is 12.0 Å². The summed E-state index contributed by atoms with van der Waals surface area (Å²) in [6.07, 6.45) is 2.23. The van der Waals surface area contributed by atoms with Gasteiger partial charge in [0.15, 0.2) is 5.76 Å². The molecule has 2 aromatic rings. The zero-order valence-corrected chi connectivity index (χ0v) is 11.2. The van der Waals surface area contributed by atoms with Crippen LogP contribution in [-0.4, -0.2) is 40.2 Å². The minimum Gasteiger partial charge on any atom is -0.471 e. The Kier molecular flexibility index (Phi) is 3.37. The number of ether oxygens (including phenoxy) is 1. The second kappa shape index (κ2) is 5.32. The average Bonchev–Trinajstić information content (AvgIpc) is 3.12. The number of amides is 1. The van der Waals surface area contributed by atoms with Crippen LogP contribution in [0.3, 0.4) is 0 Å². The molecule has 0 aliphatic carbocycles. The van der Waals surface area contributed by atoms with E-state index in [1.165, 1.54) is 6.26 Å². The van der Waals surface area contributed by atoms with E-state index in [1.54, 1.807) is 23.1 Å². The summed E-state index contributed by atoms with van der Waals surface area (Å²) in [5.74, 6) is 0.754. The first-order valence-electron chi connectivity index (χ1n) is 6.52. The van der Waals surface area contributed by atoms with Crippen molar-refractivity contribution in [3.05, 3.63) is 42.0 Å². The molecule has 0 unspecified atom stereocenters. The van der Waals surface area contributed by atoms with Gasteiger partial charge in [0.2, 0.25) is 5.88 Å². The van der Waals surface area contributed by atoms with Crippen LogP contribution in [0.5, 0.6) is 5.88 Å². The zero-order chi connectivity index (χ0) is 13.9. The van der Waals surface area contributed by atoms with Gasteiger partial charge in [0.25, 0.3) is 5.91 Å². The smallest absolute Gasteiger partial charge is 0.289 e. The lowest BCUT2D eigenvalue weighted by Crippen LogP contribution is -2.30. The second-order valence-corrected chi connectivity index (χ2v) is 4.77. The zero-order valence-electron chi connectivity index (χ0n) is 11.2. The molecule has 1 aliphatic rings. The number of aryl methyl sites for hydroxylation is 1. The molecular formula is C14H15N3O3. The van der Waals surface area contributed by atoms with Crippen LogP contribution < -0.4 is 4.74 Å². The minimum atomic E-state index is -0.101. The standard InChI is InChI=1S/C14H15N3O3/c1-10-4-5-13(16-15-10)20-11-6-7-17(9-11)14(18)12-3-2-8-19-12/h2-5,8,11H,6-7,9H2,1H3/t11-/m1/s1. The second-order valence-electron chi connectivity index (χ2n) is 4.77. The number of hydrogen-bond acceptors (Lipinski definition) is 5. The monoisotopic (exact) mass is 273 g/mol. The van der Waals surface area contributed by atoms with Crippen molar-refractivity contribution in [3.63, 3.8) is 0 Å². The molecule has 0 bridgehead atoms. The predicted molar refractivity (Wildman–Crippen MR) is 70.4 cm³/mol. The van der Waals surface area contributed by atoms with Gasteiger partial charge in [0, 0.05) is 19.0 Å². The quantitative estimate of drug-likeness (QED) is 0.851. The first-order chi connectivity index (χ1) is 9.72. The molecule has 0 radical (unpaired) electrons. The number of nitrogens with zero attached hydrogens (tertiary/aromatic N) is 3. The highest BCUT2D eigenvalue weighted by Gasteiger charge is 2.29. The third kappa shape index (κ3) is 2.64. The molecule has 2 aromatic heterocycles. The van der Waals surface area contributed by atoms with Crippen LogP contribution in [0.1, 0.15) is 22.7 Å². The molecule has 1 aliphatic heterocycles. The summed E-state index contributed by atoms with van der Waals surface area (Å²) in [4.78, 5) is 13.8. The van der Waals surface area contributed by atoms with Gasteiger partial charge in [-0.1, -0.05) is 0 Å². The van der Waals surface area contributed by atoms with E-state index in [0.29, 0.717) is 24.7 Å². The molecule has 6 heteroatoms. The number of carbonyl (C=O) groups excluding carboxylic acids is 1. The molecule has 0 saturated carbocycles. The molecule has 0 N–H and O–H groups in total. The van der Waals surface area contributed by atoms with Gasteiger partial charge in [0.1, 0.15) is 6.10 Å². The van der Waals surface area contributed by atoms with Gasteiger partial charge in [-0.3, -0.25) is 4.79 Å². The number of aromatic nitrogens is 2. The SMILES string of the molecule is Cc1ccc(O[C@@H]2CCN(C(=O)c3ccco3)C2)nn1. The van der Waals surface area contributed by atoms with Crippen LogP contribution in [0.25, 0.3) is 0 Å². The molecule has 3 heterocycles. The summed E-state index contributed by atoms with van der Waals surface area (Å²) in [7, 11) is 0. The van der Waals surface area contributed by atoms with E-state index in [0.717, 1.165) is 12.1 Å². The van der Waals surface area contributed by atoms with Gasteiger partial charge in [0.05, 0.1) is 18.5 Å². The van der Waals surface area contributed by atoms with Gasteiger partial charge >= 0.3 is 0 Å². The Labute approximate surface area is 116 Å². The Balaban J connectivity index is 1.59. The van der Waals surface area contributed by atoms with E-state index in [1.807, 2.05) is 13.0 Å². The molecule has 0 spiro atoms. The van der Waals surface area contributed by atoms with Crippen molar-refractivity contribution in [2.24, 2.45) is 0 Å². The maximum atomic E-state index is 12.1. The van der Waals surface area contributed by atoms with Crippen molar-refractivity contribution in [2.75, 3.05) is 13.1 Å². The van der Waals surface area contributed by atoms with Gasteiger partial charge in [-0.25, -0.2) is 0 Å². The summed E-state index contributed by atoms with van der Waals surface area (Å²) in [6.45, 7) is 3.06. The third-order valence-electron chi connectivity index (χ3n) is 3.23. The number of hydrogen-bond donors (Lipinski definition) is 0. The van der Waals surface area contributed by atoms with Gasteiger partial charge in [-0.15, -0.1) is 5.10 Å². The molecule has 20 heavy (non-hydrogen) atoms. The fourth-order valence-electron chi connectivity index (χ4n) is 2.19. The van der Waals surface area contributed by atoms with Crippen LogP contribution in [-0.2, 0) is 0 Å². The summed E-state index contributed by atoms with van der Waals surface area (Å²) in [5.41, 5.74) is 0.846. The third-order valence-corrected chi connectivity index (χ3v) is 3.23. The normalized spacial score (nSPS) is 18.2.